The molecule has 0 amide bonds. The van der Waals surface area contributed by atoms with Crippen molar-refractivity contribution in [3.05, 3.63) is 36.2 Å². The molecule has 0 unspecified atom stereocenters. The van der Waals surface area contributed by atoms with Gasteiger partial charge in [-0.1, -0.05) is 12.8 Å². The van der Waals surface area contributed by atoms with Gasteiger partial charge in [0.25, 0.3) is 0 Å². The lowest BCUT2D eigenvalue weighted by molar-refractivity contribution is 0.603. The maximum absolute atomic E-state index is 13.7. The van der Waals surface area contributed by atoms with E-state index < -0.39 is 11.6 Å². The Balaban J connectivity index is 1.83. The molecule has 0 aliphatic heterocycles. The minimum absolute atomic E-state index is 0.0165. The molecule has 0 spiro atoms. The predicted molar refractivity (Wildman–Crippen MR) is 82.0 cm³/mol. The molecule has 4 N–H and O–H groups in total. The number of hydrogen-bond acceptors (Lipinski definition) is 5. The zero-order valence-electron chi connectivity index (χ0n) is 11.9. The molecule has 1 saturated carbocycles. The molecule has 2 aromatic rings. The topological polar surface area (TPSA) is 75.9 Å². The lowest BCUT2D eigenvalue weighted by Crippen LogP contribution is -2.17. The normalized spacial score (nSPS) is 15.0. The van der Waals surface area contributed by atoms with Gasteiger partial charge in [0.1, 0.15) is 23.6 Å². The van der Waals surface area contributed by atoms with Gasteiger partial charge in [-0.3, -0.25) is 0 Å². The maximum Gasteiger partial charge on any atom is 0.159 e. The zero-order chi connectivity index (χ0) is 15.5. The summed E-state index contributed by atoms with van der Waals surface area (Å²) in [5, 5.41) is 5.99. The van der Waals surface area contributed by atoms with Crippen LogP contribution in [0.5, 0.6) is 0 Å². The molecule has 0 bridgehead atoms. The van der Waals surface area contributed by atoms with Gasteiger partial charge >= 0.3 is 0 Å². The summed E-state index contributed by atoms with van der Waals surface area (Å²) in [7, 11) is 0. The van der Waals surface area contributed by atoms with Crippen molar-refractivity contribution in [1.29, 1.82) is 0 Å². The molecule has 1 aromatic heterocycles. The molecule has 7 heteroatoms. The molecule has 3 rings (SSSR count). The highest BCUT2D eigenvalue weighted by Crippen LogP contribution is 2.29. The van der Waals surface area contributed by atoms with Crippen molar-refractivity contribution < 1.29 is 8.78 Å². The average molecular weight is 305 g/mol. The van der Waals surface area contributed by atoms with Crippen LogP contribution in [0.25, 0.3) is 0 Å². The number of halogens is 2. The van der Waals surface area contributed by atoms with Gasteiger partial charge in [0.2, 0.25) is 0 Å². The van der Waals surface area contributed by atoms with Gasteiger partial charge in [-0.05, 0) is 25.0 Å². The van der Waals surface area contributed by atoms with Crippen molar-refractivity contribution in [3.63, 3.8) is 0 Å². The maximum atomic E-state index is 13.7. The number of benzene rings is 1. The minimum Gasteiger partial charge on any atom is -0.393 e. The first kappa shape index (κ1) is 14.5. The summed E-state index contributed by atoms with van der Waals surface area (Å²) in [5.41, 5.74) is 6.30. The third-order valence-electron chi connectivity index (χ3n) is 3.76. The third-order valence-corrected chi connectivity index (χ3v) is 3.76. The van der Waals surface area contributed by atoms with Crippen molar-refractivity contribution in [2.75, 3.05) is 16.4 Å². The van der Waals surface area contributed by atoms with Crippen molar-refractivity contribution in [2.24, 2.45) is 0 Å². The number of aromatic nitrogens is 2. The van der Waals surface area contributed by atoms with E-state index in [9.17, 15) is 8.78 Å². The van der Waals surface area contributed by atoms with Crippen molar-refractivity contribution in [2.45, 2.75) is 31.7 Å². The van der Waals surface area contributed by atoms with E-state index in [1.807, 2.05) is 0 Å². The number of nitrogens with two attached hydrogens (primary N) is 1. The van der Waals surface area contributed by atoms with E-state index in [2.05, 4.69) is 20.6 Å². The standard InChI is InChI=1S/C15H17F2N5/c16-9-5-6-11(17)12(7-9)22-15-13(18)14(19-8-20-15)21-10-3-1-2-4-10/h5-8,10H,1-4,18H2,(H2,19,20,21,22). The summed E-state index contributed by atoms with van der Waals surface area (Å²) in [5.74, 6) is -0.355. The van der Waals surface area contributed by atoms with E-state index in [0.29, 0.717) is 11.9 Å². The quantitative estimate of drug-likeness (QED) is 0.807. The Morgan fingerprint density at radius 1 is 1.09 bits per heavy atom. The fraction of sp³-hybridized carbons (Fsp3) is 0.333. The molecule has 1 heterocycles. The number of nitrogens with zero attached hydrogens (tertiary/aromatic N) is 2. The van der Waals surface area contributed by atoms with Gasteiger partial charge in [-0.25, -0.2) is 18.7 Å². The molecule has 1 aliphatic rings. The summed E-state index contributed by atoms with van der Waals surface area (Å²) >= 11 is 0. The van der Waals surface area contributed by atoms with Crippen LogP contribution < -0.4 is 16.4 Å². The number of rotatable bonds is 4. The molecular formula is C15H17F2N5. The van der Waals surface area contributed by atoms with Crippen molar-refractivity contribution >= 4 is 23.0 Å². The van der Waals surface area contributed by atoms with Crippen LogP contribution in [0.3, 0.4) is 0 Å². The van der Waals surface area contributed by atoms with Gasteiger partial charge in [-0.2, -0.15) is 0 Å². The predicted octanol–water partition coefficient (Wildman–Crippen LogP) is 3.44. The highest BCUT2D eigenvalue weighted by atomic mass is 19.1. The first-order chi connectivity index (χ1) is 10.6. The Kier molecular flexibility index (Phi) is 4.04. The fourth-order valence-electron chi connectivity index (χ4n) is 2.59. The van der Waals surface area contributed by atoms with Crippen LogP contribution in [-0.2, 0) is 0 Å². The molecular weight excluding hydrogens is 288 g/mol. The summed E-state index contributed by atoms with van der Waals surface area (Å²) in [6.07, 6.45) is 5.85. The smallest absolute Gasteiger partial charge is 0.159 e. The van der Waals surface area contributed by atoms with E-state index in [4.69, 9.17) is 5.73 Å². The average Bonchev–Trinajstić information content (AvgIpc) is 3.00. The molecule has 5 nitrogen and oxygen atoms in total. The summed E-state index contributed by atoms with van der Waals surface area (Å²) in [6.45, 7) is 0. The number of nitrogens with one attached hydrogen (secondary N) is 2. The van der Waals surface area contributed by atoms with Crippen LogP contribution >= 0.6 is 0 Å². The Morgan fingerprint density at radius 2 is 1.82 bits per heavy atom. The SMILES string of the molecule is Nc1c(Nc2cc(F)ccc2F)ncnc1NC1CCCC1. The first-order valence-corrected chi connectivity index (χ1v) is 7.22. The Labute approximate surface area is 127 Å². The molecule has 0 atom stereocenters. The van der Waals surface area contributed by atoms with E-state index in [0.717, 1.165) is 31.0 Å². The first-order valence-electron chi connectivity index (χ1n) is 7.22. The Morgan fingerprint density at radius 3 is 2.59 bits per heavy atom. The highest BCUT2D eigenvalue weighted by Gasteiger charge is 2.18. The fourth-order valence-corrected chi connectivity index (χ4v) is 2.59. The number of hydrogen-bond donors (Lipinski definition) is 3. The van der Waals surface area contributed by atoms with Crippen LogP contribution in [0.4, 0.5) is 31.8 Å². The van der Waals surface area contributed by atoms with Gasteiger partial charge in [-0.15, -0.1) is 0 Å². The monoisotopic (exact) mass is 305 g/mol. The highest BCUT2D eigenvalue weighted by molar-refractivity contribution is 5.77. The summed E-state index contributed by atoms with van der Waals surface area (Å²) in [4.78, 5) is 8.13. The summed E-state index contributed by atoms with van der Waals surface area (Å²) in [6, 6.07) is 3.50. The van der Waals surface area contributed by atoms with Crippen LogP contribution in [0.1, 0.15) is 25.7 Å². The van der Waals surface area contributed by atoms with E-state index in [1.165, 1.54) is 19.2 Å². The molecule has 1 aliphatic carbocycles. The second-order valence-electron chi connectivity index (χ2n) is 5.36. The lowest BCUT2D eigenvalue weighted by atomic mass is 10.2. The lowest BCUT2D eigenvalue weighted by Gasteiger charge is -2.16. The van der Waals surface area contributed by atoms with Crippen LogP contribution in [0, 0.1) is 11.6 Å². The van der Waals surface area contributed by atoms with E-state index >= 15 is 0 Å². The van der Waals surface area contributed by atoms with E-state index in [1.54, 1.807) is 0 Å². The van der Waals surface area contributed by atoms with Gasteiger partial charge in [0.05, 0.1) is 5.69 Å². The van der Waals surface area contributed by atoms with Gasteiger partial charge in [0.15, 0.2) is 11.6 Å². The van der Waals surface area contributed by atoms with Gasteiger partial charge < -0.3 is 16.4 Å². The van der Waals surface area contributed by atoms with E-state index in [-0.39, 0.29) is 17.2 Å². The summed E-state index contributed by atoms with van der Waals surface area (Å²) < 4.78 is 26.9. The van der Waals surface area contributed by atoms with Crippen LogP contribution in [0.2, 0.25) is 0 Å². The number of nitrogen functional groups attached to an aromatic ring is 1. The van der Waals surface area contributed by atoms with Gasteiger partial charge in [0, 0.05) is 12.1 Å². The third kappa shape index (κ3) is 3.08. The molecule has 0 radical (unpaired) electrons. The largest absolute Gasteiger partial charge is 0.393 e. The Hall–Kier alpha value is -2.44. The molecule has 116 valence electrons. The van der Waals surface area contributed by atoms with Crippen molar-refractivity contribution in [3.8, 4) is 0 Å². The number of anilines is 4. The van der Waals surface area contributed by atoms with Crippen molar-refractivity contribution in [1.82, 2.24) is 9.97 Å². The minimum atomic E-state index is -0.579. The van der Waals surface area contributed by atoms with Crippen LogP contribution in [0.15, 0.2) is 24.5 Å². The second kappa shape index (κ2) is 6.13. The molecule has 22 heavy (non-hydrogen) atoms. The van der Waals surface area contributed by atoms with Crippen LogP contribution in [-0.4, -0.2) is 16.0 Å². The molecule has 0 saturated heterocycles. The second-order valence-corrected chi connectivity index (χ2v) is 5.36. The molecule has 1 aromatic carbocycles. The molecule has 1 fully saturated rings. The Bertz CT molecular complexity index is 671. The zero-order valence-corrected chi connectivity index (χ0v) is 11.9.